The molecule has 0 N–H and O–H groups in total. The molecule has 192 valence electrons. The molecule has 38 heavy (non-hydrogen) atoms. The van der Waals surface area contributed by atoms with Crippen molar-refractivity contribution in [3.05, 3.63) is 99.4 Å². The molecule has 5 rings (SSSR count). The van der Waals surface area contributed by atoms with E-state index in [0.717, 1.165) is 21.0 Å². The van der Waals surface area contributed by atoms with E-state index in [1.54, 1.807) is 13.2 Å². The van der Waals surface area contributed by atoms with Gasteiger partial charge in [0.25, 0.3) is 5.91 Å². The third-order valence-corrected chi connectivity index (χ3v) is 7.89. The maximum atomic E-state index is 13.3. The van der Waals surface area contributed by atoms with Crippen LogP contribution in [0.4, 0.5) is 5.69 Å². The Bertz CT molecular complexity index is 1560. The zero-order chi connectivity index (χ0) is 26.6. The number of thiocarbonyl (C=S) groups is 1. The van der Waals surface area contributed by atoms with E-state index >= 15 is 0 Å². The number of benzene rings is 4. The van der Waals surface area contributed by atoms with Crippen molar-refractivity contribution < 1.29 is 19.0 Å². The number of nitrogens with zero attached hydrogens (tertiary/aromatic N) is 1. The maximum Gasteiger partial charge on any atom is 0.270 e. The van der Waals surface area contributed by atoms with Gasteiger partial charge in [-0.25, -0.2) is 0 Å². The summed E-state index contributed by atoms with van der Waals surface area (Å²) in [6.45, 7) is 2.78. The fraction of sp³-hybridized carbons (Fsp3) is 0.133. The summed E-state index contributed by atoms with van der Waals surface area (Å²) in [5.41, 5.74) is 2.49. The highest BCUT2D eigenvalue weighted by Gasteiger charge is 2.35. The molecule has 0 saturated carbocycles. The summed E-state index contributed by atoms with van der Waals surface area (Å²) in [5.74, 6) is 1.58. The maximum absolute atomic E-state index is 13.3. The zero-order valence-corrected chi connectivity index (χ0v) is 24.0. The Kier molecular flexibility index (Phi) is 8.02. The monoisotopic (exact) mass is 605 g/mol. The van der Waals surface area contributed by atoms with Crippen molar-refractivity contribution in [3.63, 3.8) is 0 Å². The minimum absolute atomic E-state index is 0.199. The summed E-state index contributed by atoms with van der Waals surface area (Å²) >= 11 is 10.5. The van der Waals surface area contributed by atoms with Gasteiger partial charge in [0.15, 0.2) is 15.8 Å². The van der Waals surface area contributed by atoms with E-state index in [4.69, 9.17) is 26.4 Å². The molecule has 1 aliphatic rings. The van der Waals surface area contributed by atoms with Crippen LogP contribution in [0.2, 0.25) is 0 Å². The van der Waals surface area contributed by atoms with Crippen LogP contribution >= 0.6 is 39.9 Å². The number of methoxy groups -OCH3 is 1. The second-order valence-electron chi connectivity index (χ2n) is 8.38. The van der Waals surface area contributed by atoms with Crippen LogP contribution in [0.5, 0.6) is 17.2 Å². The molecule has 1 saturated heterocycles. The molecular weight excluding hydrogens is 582 g/mol. The van der Waals surface area contributed by atoms with Gasteiger partial charge in [-0.2, -0.15) is 0 Å². The molecule has 5 nitrogen and oxygen atoms in total. The topological polar surface area (TPSA) is 48.0 Å². The molecule has 0 spiro atoms. The second kappa shape index (κ2) is 11.6. The van der Waals surface area contributed by atoms with Gasteiger partial charge in [0, 0.05) is 0 Å². The molecule has 1 aliphatic heterocycles. The number of hydrogen-bond donors (Lipinski definition) is 0. The first-order valence-electron chi connectivity index (χ1n) is 12.0. The summed E-state index contributed by atoms with van der Waals surface area (Å²) in [6, 6.07) is 25.5. The Morgan fingerprint density at radius 1 is 0.974 bits per heavy atom. The molecule has 0 atom stereocenters. The predicted molar refractivity (Wildman–Crippen MR) is 162 cm³/mol. The van der Waals surface area contributed by atoms with Crippen molar-refractivity contribution in [1.29, 1.82) is 0 Å². The minimum atomic E-state index is -0.199. The molecule has 0 aromatic heterocycles. The highest BCUT2D eigenvalue weighted by atomic mass is 79.9. The zero-order valence-electron chi connectivity index (χ0n) is 20.8. The van der Waals surface area contributed by atoms with E-state index in [-0.39, 0.29) is 5.91 Å². The van der Waals surface area contributed by atoms with Gasteiger partial charge in [-0.05, 0) is 75.1 Å². The van der Waals surface area contributed by atoms with Crippen LogP contribution in [0, 0.1) is 0 Å². The third kappa shape index (κ3) is 5.29. The first-order chi connectivity index (χ1) is 18.5. The number of anilines is 1. The average Bonchev–Trinajstić information content (AvgIpc) is 3.20. The van der Waals surface area contributed by atoms with E-state index in [1.807, 2.05) is 61.5 Å². The summed E-state index contributed by atoms with van der Waals surface area (Å²) in [7, 11) is 1.57. The fourth-order valence-electron chi connectivity index (χ4n) is 4.28. The van der Waals surface area contributed by atoms with Crippen molar-refractivity contribution in [2.45, 2.75) is 13.5 Å². The van der Waals surface area contributed by atoms with Gasteiger partial charge < -0.3 is 14.2 Å². The second-order valence-corrected chi connectivity index (χ2v) is 10.9. The van der Waals surface area contributed by atoms with E-state index in [9.17, 15) is 4.79 Å². The number of rotatable bonds is 8. The van der Waals surface area contributed by atoms with Crippen LogP contribution in [0.15, 0.2) is 88.2 Å². The van der Waals surface area contributed by atoms with Gasteiger partial charge in [-0.15, -0.1) is 0 Å². The lowest BCUT2D eigenvalue weighted by Gasteiger charge is -2.17. The molecule has 0 aliphatic carbocycles. The lowest BCUT2D eigenvalue weighted by atomic mass is 10.1. The van der Waals surface area contributed by atoms with Crippen molar-refractivity contribution in [2.75, 3.05) is 18.6 Å². The lowest BCUT2D eigenvalue weighted by Crippen LogP contribution is -2.27. The number of ether oxygens (including phenoxy) is 3. The first kappa shape index (κ1) is 26.3. The van der Waals surface area contributed by atoms with E-state index in [2.05, 4.69) is 40.2 Å². The largest absolute Gasteiger partial charge is 0.495 e. The van der Waals surface area contributed by atoms with Crippen LogP contribution < -0.4 is 19.1 Å². The van der Waals surface area contributed by atoms with E-state index in [0.29, 0.717) is 45.4 Å². The van der Waals surface area contributed by atoms with E-state index in [1.165, 1.54) is 22.0 Å². The lowest BCUT2D eigenvalue weighted by molar-refractivity contribution is -0.113. The number of carbonyl (C=O) groups excluding carboxylic acids is 1. The van der Waals surface area contributed by atoms with Crippen molar-refractivity contribution in [3.8, 4) is 17.2 Å². The highest BCUT2D eigenvalue weighted by Crippen LogP contribution is 2.42. The van der Waals surface area contributed by atoms with Gasteiger partial charge in [0.05, 0.1) is 28.8 Å². The van der Waals surface area contributed by atoms with Gasteiger partial charge in [0.1, 0.15) is 12.4 Å². The molecule has 0 bridgehead atoms. The van der Waals surface area contributed by atoms with Crippen LogP contribution in [0.3, 0.4) is 0 Å². The quantitative estimate of drug-likeness (QED) is 0.150. The Labute approximate surface area is 239 Å². The molecular formula is C30H24BrNO4S2. The average molecular weight is 607 g/mol. The van der Waals surface area contributed by atoms with Crippen LogP contribution in [-0.4, -0.2) is 23.9 Å². The van der Waals surface area contributed by atoms with Gasteiger partial charge >= 0.3 is 0 Å². The molecule has 4 aromatic rings. The Balaban J connectivity index is 1.43. The predicted octanol–water partition coefficient (Wildman–Crippen LogP) is 7.99. The van der Waals surface area contributed by atoms with Crippen LogP contribution in [0.1, 0.15) is 18.1 Å². The smallest absolute Gasteiger partial charge is 0.270 e. The molecule has 1 heterocycles. The Hall–Kier alpha value is -3.33. The van der Waals surface area contributed by atoms with Gasteiger partial charge in [-0.1, -0.05) is 78.6 Å². The summed E-state index contributed by atoms with van der Waals surface area (Å²) < 4.78 is 18.8. The Morgan fingerprint density at radius 3 is 2.55 bits per heavy atom. The minimum Gasteiger partial charge on any atom is -0.495 e. The highest BCUT2D eigenvalue weighted by molar-refractivity contribution is 9.10. The van der Waals surface area contributed by atoms with Crippen LogP contribution in [0.25, 0.3) is 16.8 Å². The SMILES string of the molecule is CCOc1cc(/C=C2\SC(=S)N(c3ccccc3OC)C2=O)cc(Br)c1OCc1cccc2ccccc12. The van der Waals surface area contributed by atoms with Crippen LogP contribution in [-0.2, 0) is 11.4 Å². The number of fused-ring (bicyclic) bond motifs is 1. The normalized spacial score (nSPS) is 14.4. The van der Waals surface area contributed by atoms with E-state index < -0.39 is 0 Å². The molecule has 0 unspecified atom stereocenters. The number of carbonyl (C=O) groups is 1. The van der Waals surface area contributed by atoms with Crippen molar-refractivity contribution >= 4 is 72.7 Å². The first-order valence-corrected chi connectivity index (χ1v) is 14.0. The van der Waals surface area contributed by atoms with Gasteiger partial charge in [-0.3, -0.25) is 9.69 Å². The number of para-hydroxylation sites is 2. The molecule has 1 fully saturated rings. The molecule has 1 amide bonds. The molecule has 4 aromatic carbocycles. The molecule has 8 heteroatoms. The van der Waals surface area contributed by atoms with Crippen molar-refractivity contribution in [1.82, 2.24) is 0 Å². The van der Waals surface area contributed by atoms with Gasteiger partial charge in [0.2, 0.25) is 0 Å². The third-order valence-electron chi connectivity index (χ3n) is 6.00. The standard InChI is InChI=1S/C30H24BrNO4S2/c1-3-35-26-16-19(17-27-29(33)32(30(37)38-27)24-13-6-7-14-25(24)34-2)15-23(31)28(26)36-18-21-11-8-10-20-9-4-5-12-22(20)21/h4-17H,3,18H2,1-2H3/b27-17-. The number of thioether (sulfide) groups is 1. The number of amides is 1. The number of halogens is 1. The Morgan fingerprint density at radius 2 is 1.74 bits per heavy atom. The van der Waals surface area contributed by atoms with Crippen molar-refractivity contribution in [2.24, 2.45) is 0 Å². The fourth-order valence-corrected chi connectivity index (χ4v) is 6.14. The molecule has 0 radical (unpaired) electrons. The summed E-state index contributed by atoms with van der Waals surface area (Å²) in [6.07, 6.45) is 1.82. The summed E-state index contributed by atoms with van der Waals surface area (Å²) in [4.78, 5) is 15.4. The summed E-state index contributed by atoms with van der Waals surface area (Å²) in [5, 5.41) is 2.32. The number of hydrogen-bond acceptors (Lipinski definition) is 6.